The Morgan fingerprint density at radius 3 is 2.45 bits per heavy atom. The van der Waals surface area contributed by atoms with Crippen LogP contribution in [0.5, 0.6) is 0 Å². The molecule has 2 aromatic rings. The number of rotatable bonds is 5. The van der Waals surface area contributed by atoms with Gasteiger partial charge >= 0.3 is 0 Å². The van der Waals surface area contributed by atoms with Crippen LogP contribution in [-0.2, 0) is 23.6 Å². The SMILES string of the molecule is CC(=O)c1ccc(S(=O)(=O)NCc2nccn2C)cc1. The van der Waals surface area contributed by atoms with Crippen molar-refractivity contribution >= 4 is 15.8 Å². The largest absolute Gasteiger partial charge is 0.337 e. The minimum Gasteiger partial charge on any atom is -0.337 e. The van der Waals surface area contributed by atoms with E-state index in [0.717, 1.165) is 0 Å². The zero-order valence-electron chi connectivity index (χ0n) is 11.2. The lowest BCUT2D eigenvalue weighted by atomic mass is 10.2. The third kappa shape index (κ3) is 3.12. The van der Waals surface area contributed by atoms with Crippen molar-refractivity contribution in [2.75, 3.05) is 0 Å². The standard InChI is InChI=1S/C13H15N3O3S/c1-10(17)11-3-5-12(6-4-11)20(18,19)15-9-13-14-7-8-16(13)2/h3-8,15H,9H2,1-2H3. The molecule has 1 heterocycles. The van der Waals surface area contributed by atoms with Crippen LogP contribution < -0.4 is 4.72 Å². The zero-order chi connectivity index (χ0) is 14.8. The van der Waals surface area contributed by atoms with Gasteiger partial charge in [0.25, 0.3) is 0 Å². The van der Waals surface area contributed by atoms with Crippen LogP contribution in [0.25, 0.3) is 0 Å². The van der Waals surface area contributed by atoms with Gasteiger partial charge in [-0.1, -0.05) is 12.1 Å². The predicted molar refractivity (Wildman–Crippen MR) is 73.7 cm³/mol. The zero-order valence-corrected chi connectivity index (χ0v) is 12.0. The minimum absolute atomic E-state index is 0.102. The van der Waals surface area contributed by atoms with Crippen LogP contribution in [0.3, 0.4) is 0 Å². The summed E-state index contributed by atoms with van der Waals surface area (Å²) in [6, 6.07) is 5.82. The molecule has 0 saturated carbocycles. The van der Waals surface area contributed by atoms with Gasteiger partial charge in [-0.05, 0) is 19.1 Å². The normalized spacial score (nSPS) is 11.5. The third-order valence-corrected chi connectivity index (χ3v) is 4.33. The van der Waals surface area contributed by atoms with Crippen molar-refractivity contribution in [2.45, 2.75) is 18.4 Å². The van der Waals surface area contributed by atoms with Crippen molar-refractivity contribution < 1.29 is 13.2 Å². The lowest BCUT2D eigenvalue weighted by Gasteiger charge is -2.07. The van der Waals surface area contributed by atoms with Gasteiger partial charge in [-0.3, -0.25) is 4.79 Å². The van der Waals surface area contributed by atoms with Gasteiger partial charge in [-0.25, -0.2) is 18.1 Å². The first-order chi connectivity index (χ1) is 9.40. The Labute approximate surface area is 117 Å². The first kappa shape index (κ1) is 14.4. The molecule has 0 aliphatic rings. The average Bonchev–Trinajstić information content (AvgIpc) is 2.82. The summed E-state index contributed by atoms with van der Waals surface area (Å²) in [5.74, 6) is 0.517. The van der Waals surface area contributed by atoms with Crippen LogP contribution in [0.4, 0.5) is 0 Å². The van der Waals surface area contributed by atoms with Gasteiger partial charge in [-0.15, -0.1) is 0 Å². The Morgan fingerprint density at radius 1 is 1.30 bits per heavy atom. The fraction of sp³-hybridized carbons (Fsp3) is 0.231. The van der Waals surface area contributed by atoms with Gasteiger partial charge in [0.05, 0.1) is 11.4 Å². The van der Waals surface area contributed by atoms with E-state index in [4.69, 9.17) is 0 Å². The first-order valence-corrected chi connectivity index (χ1v) is 7.45. The fourth-order valence-electron chi connectivity index (χ4n) is 1.68. The van der Waals surface area contributed by atoms with Crippen molar-refractivity contribution in [1.29, 1.82) is 0 Å². The van der Waals surface area contributed by atoms with E-state index >= 15 is 0 Å². The number of hydrogen-bond acceptors (Lipinski definition) is 4. The maximum absolute atomic E-state index is 12.1. The number of sulfonamides is 1. The average molecular weight is 293 g/mol. The van der Waals surface area contributed by atoms with Crippen LogP contribution in [-0.4, -0.2) is 23.8 Å². The van der Waals surface area contributed by atoms with Gasteiger partial charge in [0.1, 0.15) is 5.82 Å². The van der Waals surface area contributed by atoms with E-state index in [2.05, 4.69) is 9.71 Å². The highest BCUT2D eigenvalue weighted by Crippen LogP contribution is 2.11. The first-order valence-electron chi connectivity index (χ1n) is 5.97. The van der Waals surface area contributed by atoms with Crippen molar-refractivity contribution in [3.63, 3.8) is 0 Å². The molecule has 6 nitrogen and oxygen atoms in total. The molecule has 106 valence electrons. The Balaban J connectivity index is 2.14. The van der Waals surface area contributed by atoms with Gasteiger partial charge < -0.3 is 4.57 Å². The second kappa shape index (κ2) is 5.56. The van der Waals surface area contributed by atoms with Crippen molar-refractivity contribution in [1.82, 2.24) is 14.3 Å². The molecule has 0 bridgehead atoms. The molecular formula is C13H15N3O3S. The third-order valence-electron chi connectivity index (χ3n) is 2.91. The summed E-state index contributed by atoms with van der Waals surface area (Å²) in [4.78, 5) is 15.3. The van der Waals surface area contributed by atoms with Crippen LogP contribution in [0, 0.1) is 0 Å². The number of nitrogens with one attached hydrogen (secondary N) is 1. The minimum atomic E-state index is -3.61. The molecule has 20 heavy (non-hydrogen) atoms. The molecule has 0 saturated heterocycles. The fourth-order valence-corrected chi connectivity index (χ4v) is 2.66. The summed E-state index contributed by atoms with van der Waals surface area (Å²) in [5.41, 5.74) is 0.480. The molecule has 1 N–H and O–H groups in total. The molecule has 0 fully saturated rings. The number of Topliss-reactive ketones (excluding diaryl/α,β-unsaturated/α-hetero) is 1. The van der Waals surface area contributed by atoms with E-state index in [0.29, 0.717) is 11.4 Å². The maximum Gasteiger partial charge on any atom is 0.240 e. The molecule has 0 radical (unpaired) electrons. The number of benzene rings is 1. The van der Waals surface area contributed by atoms with Crippen molar-refractivity contribution in [2.24, 2.45) is 7.05 Å². The molecule has 0 spiro atoms. The number of ketones is 1. The quantitative estimate of drug-likeness (QED) is 0.837. The highest BCUT2D eigenvalue weighted by atomic mass is 32.2. The highest BCUT2D eigenvalue weighted by molar-refractivity contribution is 7.89. The monoisotopic (exact) mass is 293 g/mol. The summed E-state index contributed by atoms with van der Waals surface area (Å²) in [7, 11) is -1.82. The van der Waals surface area contributed by atoms with Crippen LogP contribution in [0.1, 0.15) is 23.1 Å². The summed E-state index contributed by atoms with van der Waals surface area (Å²) < 4.78 is 28.4. The maximum atomic E-state index is 12.1. The van der Waals surface area contributed by atoms with Gasteiger partial charge in [0, 0.05) is 25.0 Å². The summed E-state index contributed by atoms with van der Waals surface area (Å²) >= 11 is 0. The van der Waals surface area contributed by atoms with E-state index in [1.54, 1.807) is 24.0 Å². The molecule has 0 aliphatic carbocycles. The molecular weight excluding hydrogens is 278 g/mol. The number of carbonyl (C=O) groups is 1. The van der Waals surface area contributed by atoms with Gasteiger partial charge in [-0.2, -0.15) is 0 Å². The second-order valence-corrected chi connectivity index (χ2v) is 6.13. The Hall–Kier alpha value is -1.99. The van der Waals surface area contributed by atoms with Crippen LogP contribution in [0.2, 0.25) is 0 Å². The molecule has 0 aliphatic heterocycles. The van der Waals surface area contributed by atoms with Gasteiger partial charge in [0.15, 0.2) is 5.78 Å². The topological polar surface area (TPSA) is 81.1 Å². The summed E-state index contributed by atoms with van der Waals surface area (Å²) in [6.07, 6.45) is 3.34. The molecule has 0 atom stereocenters. The Morgan fingerprint density at radius 2 is 1.95 bits per heavy atom. The lowest BCUT2D eigenvalue weighted by molar-refractivity contribution is 0.101. The molecule has 0 amide bonds. The molecule has 0 unspecified atom stereocenters. The molecule has 1 aromatic carbocycles. The highest BCUT2D eigenvalue weighted by Gasteiger charge is 2.15. The molecule has 2 rings (SSSR count). The van der Waals surface area contributed by atoms with E-state index < -0.39 is 10.0 Å². The number of aryl methyl sites for hydroxylation is 1. The number of nitrogens with zero attached hydrogens (tertiary/aromatic N) is 2. The molecule has 1 aromatic heterocycles. The number of aromatic nitrogens is 2. The summed E-state index contributed by atoms with van der Waals surface area (Å²) in [6.45, 7) is 1.54. The second-order valence-electron chi connectivity index (χ2n) is 4.36. The predicted octanol–water partition coefficient (Wildman–Crippen LogP) is 1.10. The summed E-state index contributed by atoms with van der Waals surface area (Å²) in [5, 5.41) is 0. The Kier molecular flexibility index (Phi) is 4.01. The van der Waals surface area contributed by atoms with Crippen LogP contribution in [0.15, 0.2) is 41.6 Å². The van der Waals surface area contributed by atoms with E-state index in [9.17, 15) is 13.2 Å². The van der Waals surface area contributed by atoms with E-state index in [1.165, 1.54) is 31.2 Å². The Bertz CT molecular complexity index is 718. The lowest BCUT2D eigenvalue weighted by Crippen LogP contribution is -2.24. The number of carbonyl (C=O) groups excluding carboxylic acids is 1. The van der Waals surface area contributed by atoms with Crippen molar-refractivity contribution in [3.05, 3.63) is 48.0 Å². The smallest absolute Gasteiger partial charge is 0.240 e. The van der Waals surface area contributed by atoms with Crippen molar-refractivity contribution in [3.8, 4) is 0 Å². The van der Waals surface area contributed by atoms with E-state index in [1.807, 2.05) is 0 Å². The van der Waals surface area contributed by atoms with Crippen LogP contribution >= 0.6 is 0 Å². The van der Waals surface area contributed by atoms with Gasteiger partial charge in [0.2, 0.25) is 10.0 Å². The number of imidazole rings is 1. The number of hydrogen-bond donors (Lipinski definition) is 1. The molecule has 7 heteroatoms. The van der Waals surface area contributed by atoms with E-state index in [-0.39, 0.29) is 17.2 Å².